The topological polar surface area (TPSA) is 136 Å². The summed E-state index contributed by atoms with van der Waals surface area (Å²) in [5.41, 5.74) is 0.538. The van der Waals surface area contributed by atoms with Crippen molar-refractivity contribution in [1.29, 1.82) is 0 Å². The minimum Gasteiger partial charge on any atom is -0.356 e. The van der Waals surface area contributed by atoms with E-state index in [0.29, 0.717) is 31.6 Å². The van der Waals surface area contributed by atoms with Crippen molar-refractivity contribution in [1.82, 2.24) is 19.5 Å². The number of hydrogen-bond donors (Lipinski definition) is 2. The SMILES string of the molecule is NS(=O)(=O)c1ccc(NC(=O)C2CCN(c3cc(-n4ccnc4)ncn3)CC2)cc1. The minimum absolute atomic E-state index is 0.00807. The molecule has 30 heavy (non-hydrogen) atoms. The number of primary sulfonamides is 1. The number of rotatable bonds is 5. The van der Waals surface area contributed by atoms with Crippen molar-refractivity contribution >= 4 is 27.4 Å². The van der Waals surface area contributed by atoms with Crippen LogP contribution in [0.1, 0.15) is 12.8 Å². The van der Waals surface area contributed by atoms with Crippen LogP contribution in [0.3, 0.4) is 0 Å². The van der Waals surface area contributed by atoms with E-state index in [1.807, 2.05) is 16.8 Å². The quantitative estimate of drug-likeness (QED) is 0.623. The Morgan fingerprint density at radius 2 is 1.80 bits per heavy atom. The zero-order valence-corrected chi connectivity index (χ0v) is 16.9. The minimum atomic E-state index is -3.75. The third-order valence-electron chi connectivity index (χ3n) is 5.05. The van der Waals surface area contributed by atoms with Crippen LogP contribution in [-0.2, 0) is 14.8 Å². The maximum atomic E-state index is 12.6. The number of anilines is 2. The van der Waals surface area contributed by atoms with Crippen LogP contribution in [-0.4, -0.2) is 46.9 Å². The molecule has 0 spiro atoms. The fourth-order valence-corrected chi connectivity index (χ4v) is 3.90. The molecule has 10 nitrogen and oxygen atoms in total. The van der Waals surface area contributed by atoms with Crippen LogP contribution in [0, 0.1) is 5.92 Å². The lowest BCUT2D eigenvalue weighted by Gasteiger charge is -2.32. The molecule has 1 aliphatic heterocycles. The van der Waals surface area contributed by atoms with Gasteiger partial charge in [0.2, 0.25) is 15.9 Å². The number of nitrogens with two attached hydrogens (primary N) is 1. The summed E-state index contributed by atoms with van der Waals surface area (Å²) in [7, 11) is -3.75. The van der Waals surface area contributed by atoms with Gasteiger partial charge in [0.15, 0.2) is 0 Å². The van der Waals surface area contributed by atoms with Gasteiger partial charge in [-0.05, 0) is 37.1 Å². The summed E-state index contributed by atoms with van der Waals surface area (Å²) in [6.07, 6.45) is 8.08. The summed E-state index contributed by atoms with van der Waals surface area (Å²) in [6, 6.07) is 7.72. The Hall–Kier alpha value is -3.31. The van der Waals surface area contributed by atoms with Gasteiger partial charge in [0.1, 0.15) is 24.3 Å². The number of hydrogen-bond acceptors (Lipinski definition) is 7. The number of sulfonamides is 1. The smallest absolute Gasteiger partial charge is 0.238 e. The summed E-state index contributed by atoms with van der Waals surface area (Å²) >= 11 is 0. The highest BCUT2D eigenvalue weighted by molar-refractivity contribution is 7.89. The van der Waals surface area contributed by atoms with E-state index in [1.165, 1.54) is 30.6 Å². The molecule has 3 aromatic rings. The van der Waals surface area contributed by atoms with E-state index in [4.69, 9.17) is 5.14 Å². The Kier molecular flexibility index (Phi) is 5.46. The molecule has 1 fully saturated rings. The van der Waals surface area contributed by atoms with E-state index < -0.39 is 10.0 Å². The van der Waals surface area contributed by atoms with E-state index in [1.54, 1.807) is 12.5 Å². The van der Waals surface area contributed by atoms with Crippen molar-refractivity contribution in [2.24, 2.45) is 11.1 Å². The highest BCUT2D eigenvalue weighted by Crippen LogP contribution is 2.24. The Morgan fingerprint density at radius 1 is 1.10 bits per heavy atom. The lowest BCUT2D eigenvalue weighted by atomic mass is 9.96. The van der Waals surface area contributed by atoms with Crippen LogP contribution in [0.15, 0.2) is 60.3 Å². The first-order valence-electron chi connectivity index (χ1n) is 9.39. The van der Waals surface area contributed by atoms with Gasteiger partial charge in [-0.2, -0.15) is 0 Å². The molecule has 1 aliphatic rings. The third kappa shape index (κ3) is 4.47. The van der Waals surface area contributed by atoms with Crippen LogP contribution in [0.2, 0.25) is 0 Å². The molecule has 0 radical (unpaired) electrons. The predicted octanol–water partition coefficient (Wildman–Crippen LogP) is 1.16. The Bertz CT molecular complexity index is 1120. The van der Waals surface area contributed by atoms with Crippen molar-refractivity contribution in [3.63, 3.8) is 0 Å². The van der Waals surface area contributed by atoms with Crippen molar-refractivity contribution in [3.05, 3.63) is 55.4 Å². The van der Waals surface area contributed by atoms with Gasteiger partial charge in [0.05, 0.1) is 4.90 Å². The summed E-state index contributed by atoms with van der Waals surface area (Å²) < 4.78 is 24.5. The molecule has 3 N–H and O–H groups in total. The Morgan fingerprint density at radius 3 is 2.43 bits per heavy atom. The molecule has 1 saturated heterocycles. The number of aromatic nitrogens is 4. The van der Waals surface area contributed by atoms with Crippen LogP contribution in [0.25, 0.3) is 5.82 Å². The molecule has 156 valence electrons. The van der Waals surface area contributed by atoms with Crippen molar-refractivity contribution in [3.8, 4) is 5.82 Å². The Balaban J connectivity index is 1.35. The van der Waals surface area contributed by atoms with E-state index in [-0.39, 0.29) is 16.7 Å². The number of piperidine rings is 1. The summed E-state index contributed by atoms with van der Waals surface area (Å²) in [4.78, 5) is 27.4. The number of nitrogens with zero attached hydrogens (tertiary/aromatic N) is 5. The van der Waals surface area contributed by atoms with Gasteiger partial charge in [-0.15, -0.1) is 0 Å². The molecule has 4 rings (SSSR count). The number of carbonyl (C=O) groups is 1. The fraction of sp³-hybridized carbons (Fsp3) is 0.263. The number of nitrogens with one attached hydrogen (secondary N) is 1. The average molecular weight is 427 g/mol. The van der Waals surface area contributed by atoms with Gasteiger partial charge in [-0.25, -0.2) is 28.5 Å². The van der Waals surface area contributed by atoms with E-state index in [9.17, 15) is 13.2 Å². The zero-order chi connectivity index (χ0) is 21.1. The summed E-state index contributed by atoms with van der Waals surface area (Å²) in [6.45, 7) is 1.39. The fourth-order valence-electron chi connectivity index (χ4n) is 3.39. The second-order valence-corrected chi connectivity index (χ2v) is 8.59. The molecular weight excluding hydrogens is 406 g/mol. The lowest BCUT2D eigenvalue weighted by molar-refractivity contribution is -0.120. The van der Waals surface area contributed by atoms with Gasteiger partial charge >= 0.3 is 0 Å². The maximum Gasteiger partial charge on any atom is 0.238 e. The molecule has 1 aromatic carbocycles. The van der Waals surface area contributed by atoms with Crippen LogP contribution < -0.4 is 15.4 Å². The van der Waals surface area contributed by atoms with Crippen molar-refractivity contribution in [2.45, 2.75) is 17.7 Å². The molecule has 0 aliphatic carbocycles. The zero-order valence-electron chi connectivity index (χ0n) is 16.0. The van der Waals surface area contributed by atoms with E-state index in [2.05, 4.69) is 25.2 Å². The number of amides is 1. The molecule has 0 atom stereocenters. The Labute approximate surface area is 173 Å². The first-order valence-corrected chi connectivity index (χ1v) is 10.9. The first-order chi connectivity index (χ1) is 14.4. The van der Waals surface area contributed by atoms with Crippen LogP contribution in [0.4, 0.5) is 11.5 Å². The number of imidazole rings is 1. The molecule has 3 heterocycles. The molecule has 0 bridgehead atoms. The molecular formula is C19H21N7O3S. The second kappa shape index (κ2) is 8.20. The number of carbonyl (C=O) groups excluding carboxylic acids is 1. The third-order valence-corrected chi connectivity index (χ3v) is 5.98. The summed E-state index contributed by atoms with van der Waals surface area (Å²) in [5.74, 6) is 1.33. The highest BCUT2D eigenvalue weighted by Gasteiger charge is 2.26. The molecule has 2 aromatic heterocycles. The van der Waals surface area contributed by atoms with Gasteiger partial charge in [-0.1, -0.05) is 0 Å². The van der Waals surface area contributed by atoms with E-state index >= 15 is 0 Å². The van der Waals surface area contributed by atoms with Crippen molar-refractivity contribution < 1.29 is 13.2 Å². The molecule has 11 heteroatoms. The predicted molar refractivity (Wildman–Crippen MR) is 111 cm³/mol. The normalized spacial score (nSPS) is 15.2. The lowest BCUT2D eigenvalue weighted by Crippen LogP contribution is -2.38. The van der Waals surface area contributed by atoms with Crippen LogP contribution >= 0.6 is 0 Å². The van der Waals surface area contributed by atoms with Gasteiger partial charge < -0.3 is 10.2 Å². The largest absolute Gasteiger partial charge is 0.356 e. The van der Waals surface area contributed by atoms with Gasteiger partial charge in [0.25, 0.3) is 0 Å². The van der Waals surface area contributed by atoms with Crippen LogP contribution in [0.5, 0.6) is 0 Å². The highest BCUT2D eigenvalue weighted by atomic mass is 32.2. The van der Waals surface area contributed by atoms with E-state index in [0.717, 1.165) is 11.6 Å². The van der Waals surface area contributed by atoms with Crippen molar-refractivity contribution in [2.75, 3.05) is 23.3 Å². The molecule has 0 saturated carbocycles. The van der Waals surface area contributed by atoms with Gasteiger partial charge in [0, 0.05) is 43.2 Å². The average Bonchev–Trinajstić information content (AvgIpc) is 3.29. The molecule has 0 unspecified atom stereocenters. The number of benzene rings is 1. The summed E-state index contributed by atoms with van der Waals surface area (Å²) in [5, 5.41) is 7.93. The maximum absolute atomic E-state index is 12.6. The second-order valence-electron chi connectivity index (χ2n) is 7.02. The molecule has 1 amide bonds. The monoisotopic (exact) mass is 427 g/mol. The van der Waals surface area contributed by atoms with Gasteiger partial charge in [-0.3, -0.25) is 9.36 Å². The standard InChI is InChI=1S/C19H21N7O3S/c20-30(28,29)16-3-1-15(2-4-16)24-19(27)14-5-8-25(9-6-14)17-11-18(23-12-22-17)26-10-7-21-13-26/h1-4,7,10-14H,5-6,8-9H2,(H,24,27)(H2,20,28,29). The first kappa shape index (κ1) is 20.0.